The minimum atomic E-state index is 0.0880. The lowest BCUT2D eigenvalue weighted by molar-refractivity contribution is 0.0856. The fourth-order valence-electron chi connectivity index (χ4n) is 2.46. The molecule has 1 fully saturated rings. The highest BCUT2D eigenvalue weighted by Gasteiger charge is 2.29. The van der Waals surface area contributed by atoms with Gasteiger partial charge in [0.2, 0.25) is 0 Å². The Morgan fingerprint density at radius 3 is 2.94 bits per heavy atom. The minimum absolute atomic E-state index is 0.0880. The summed E-state index contributed by atoms with van der Waals surface area (Å²) in [6.45, 7) is 3.95. The molecule has 0 amide bonds. The summed E-state index contributed by atoms with van der Waals surface area (Å²) in [5.41, 5.74) is 0.828. The van der Waals surface area contributed by atoms with Crippen LogP contribution in [0.3, 0.4) is 0 Å². The molecule has 18 heavy (non-hydrogen) atoms. The number of hydrogen-bond donors (Lipinski definition) is 1. The minimum Gasteiger partial charge on any atom is -0.316 e. The monoisotopic (exact) mass is 240 g/mol. The second-order valence-electron chi connectivity index (χ2n) is 4.97. The number of aromatic nitrogens is 1. The van der Waals surface area contributed by atoms with Crippen molar-refractivity contribution in [1.82, 2.24) is 10.3 Å². The molecule has 1 aliphatic rings. The quantitative estimate of drug-likeness (QED) is 0.837. The SMILES string of the molecule is CC(C(=O)c1cccc2cnccc12)C1CNC1. The molecule has 1 N–H and O–H groups in total. The van der Waals surface area contributed by atoms with E-state index in [1.54, 1.807) is 6.20 Å². The number of carbonyl (C=O) groups excluding carboxylic acids is 1. The third-order valence-electron chi connectivity index (χ3n) is 3.88. The van der Waals surface area contributed by atoms with E-state index in [1.165, 1.54) is 0 Å². The molecular weight excluding hydrogens is 224 g/mol. The molecule has 3 nitrogen and oxygen atoms in total. The number of hydrogen-bond acceptors (Lipinski definition) is 3. The van der Waals surface area contributed by atoms with E-state index in [9.17, 15) is 4.79 Å². The lowest BCUT2D eigenvalue weighted by atomic mass is 9.82. The molecule has 0 bridgehead atoms. The Labute approximate surface area is 106 Å². The van der Waals surface area contributed by atoms with Crippen molar-refractivity contribution in [2.24, 2.45) is 11.8 Å². The van der Waals surface area contributed by atoms with E-state index in [4.69, 9.17) is 0 Å². The third-order valence-corrected chi connectivity index (χ3v) is 3.88. The van der Waals surface area contributed by atoms with E-state index >= 15 is 0 Å². The summed E-state index contributed by atoms with van der Waals surface area (Å²) in [7, 11) is 0. The van der Waals surface area contributed by atoms with Gasteiger partial charge in [0.05, 0.1) is 0 Å². The second kappa shape index (κ2) is 4.50. The first-order chi connectivity index (χ1) is 8.77. The Bertz CT molecular complexity index is 585. The number of nitrogens with one attached hydrogen (secondary N) is 1. The van der Waals surface area contributed by atoms with E-state index in [1.807, 2.05) is 37.4 Å². The summed E-state index contributed by atoms with van der Waals surface area (Å²) in [4.78, 5) is 16.6. The predicted octanol–water partition coefficient (Wildman–Crippen LogP) is 2.27. The van der Waals surface area contributed by atoms with E-state index in [0.717, 1.165) is 29.4 Å². The maximum Gasteiger partial charge on any atom is 0.166 e. The zero-order valence-corrected chi connectivity index (χ0v) is 10.4. The van der Waals surface area contributed by atoms with Crippen molar-refractivity contribution in [2.45, 2.75) is 6.92 Å². The average molecular weight is 240 g/mol. The summed E-state index contributed by atoms with van der Waals surface area (Å²) in [5, 5.41) is 5.26. The van der Waals surface area contributed by atoms with Gasteiger partial charge in [0.15, 0.2) is 5.78 Å². The first-order valence-electron chi connectivity index (χ1n) is 6.35. The fraction of sp³-hybridized carbons (Fsp3) is 0.333. The van der Waals surface area contributed by atoms with Crippen LogP contribution in [-0.2, 0) is 0 Å². The molecule has 1 atom stereocenters. The highest BCUT2D eigenvalue weighted by Crippen LogP contribution is 2.25. The van der Waals surface area contributed by atoms with Crippen molar-refractivity contribution in [2.75, 3.05) is 13.1 Å². The fourth-order valence-corrected chi connectivity index (χ4v) is 2.46. The van der Waals surface area contributed by atoms with Gasteiger partial charge in [-0.05, 0) is 30.5 Å². The number of nitrogens with zero attached hydrogens (tertiary/aromatic N) is 1. The lowest BCUT2D eigenvalue weighted by Crippen LogP contribution is -2.47. The molecule has 92 valence electrons. The van der Waals surface area contributed by atoms with Gasteiger partial charge in [-0.2, -0.15) is 0 Å². The van der Waals surface area contributed by atoms with Gasteiger partial charge in [-0.25, -0.2) is 0 Å². The molecule has 0 spiro atoms. The summed E-state index contributed by atoms with van der Waals surface area (Å²) in [5.74, 6) is 0.818. The maximum absolute atomic E-state index is 12.5. The first kappa shape index (κ1) is 11.4. The largest absolute Gasteiger partial charge is 0.316 e. The van der Waals surface area contributed by atoms with E-state index in [-0.39, 0.29) is 11.7 Å². The third kappa shape index (κ3) is 1.81. The normalized spacial score (nSPS) is 17.4. The molecule has 3 heteroatoms. The molecule has 2 heterocycles. The number of rotatable bonds is 3. The van der Waals surface area contributed by atoms with E-state index in [2.05, 4.69) is 10.3 Å². The zero-order valence-electron chi connectivity index (χ0n) is 10.4. The average Bonchev–Trinajstić information content (AvgIpc) is 2.35. The number of pyridine rings is 1. The Morgan fingerprint density at radius 2 is 2.22 bits per heavy atom. The molecule has 0 saturated carbocycles. The Kier molecular flexibility index (Phi) is 2.84. The van der Waals surface area contributed by atoms with Crippen LogP contribution < -0.4 is 5.32 Å². The molecule has 2 aromatic rings. The molecule has 1 unspecified atom stereocenters. The van der Waals surface area contributed by atoms with Crippen LogP contribution in [0.5, 0.6) is 0 Å². The summed E-state index contributed by atoms with van der Waals surface area (Å²) in [6.07, 6.45) is 3.55. The molecular formula is C15H16N2O. The number of Topliss-reactive ketones (excluding diaryl/α,β-unsaturated/α-hetero) is 1. The van der Waals surface area contributed by atoms with Crippen LogP contribution in [0.2, 0.25) is 0 Å². The van der Waals surface area contributed by atoms with Crippen molar-refractivity contribution in [1.29, 1.82) is 0 Å². The summed E-state index contributed by atoms with van der Waals surface area (Å²) < 4.78 is 0. The second-order valence-corrected chi connectivity index (χ2v) is 4.97. The Balaban J connectivity index is 2.00. The van der Waals surface area contributed by atoms with Crippen LogP contribution in [0.4, 0.5) is 0 Å². The van der Waals surface area contributed by atoms with Crippen molar-refractivity contribution in [3.63, 3.8) is 0 Å². The van der Waals surface area contributed by atoms with Crippen LogP contribution >= 0.6 is 0 Å². The van der Waals surface area contributed by atoms with Gasteiger partial charge in [0, 0.05) is 29.3 Å². The smallest absolute Gasteiger partial charge is 0.166 e. The van der Waals surface area contributed by atoms with E-state index < -0.39 is 0 Å². The Hall–Kier alpha value is -1.74. The Morgan fingerprint density at radius 1 is 1.39 bits per heavy atom. The summed E-state index contributed by atoms with van der Waals surface area (Å²) in [6, 6.07) is 7.78. The van der Waals surface area contributed by atoms with Crippen LogP contribution in [0.25, 0.3) is 10.8 Å². The first-order valence-corrected chi connectivity index (χ1v) is 6.35. The van der Waals surface area contributed by atoms with Crippen molar-refractivity contribution >= 4 is 16.6 Å². The van der Waals surface area contributed by atoms with Gasteiger partial charge in [-0.3, -0.25) is 9.78 Å². The van der Waals surface area contributed by atoms with Crippen LogP contribution in [0, 0.1) is 11.8 Å². The van der Waals surface area contributed by atoms with Gasteiger partial charge in [-0.15, -0.1) is 0 Å². The lowest BCUT2D eigenvalue weighted by Gasteiger charge is -2.31. The van der Waals surface area contributed by atoms with Crippen molar-refractivity contribution in [3.8, 4) is 0 Å². The number of fused-ring (bicyclic) bond motifs is 1. The standard InChI is InChI=1S/C15H16N2O/c1-10(12-8-17-9-12)15(18)14-4-2-3-11-7-16-6-5-13(11)14/h2-7,10,12,17H,8-9H2,1H3. The number of carbonyl (C=O) groups is 1. The highest BCUT2D eigenvalue weighted by atomic mass is 16.1. The predicted molar refractivity (Wildman–Crippen MR) is 71.6 cm³/mol. The van der Waals surface area contributed by atoms with Crippen molar-refractivity contribution in [3.05, 3.63) is 42.2 Å². The highest BCUT2D eigenvalue weighted by molar-refractivity contribution is 6.08. The van der Waals surface area contributed by atoms with E-state index in [0.29, 0.717) is 5.92 Å². The molecule has 0 radical (unpaired) electrons. The molecule has 0 aliphatic carbocycles. The zero-order chi connectivity index (χ0) is 12.5. The van der Waals surface area contributed by atoms with Gasteiger partial charge >= 0.3 is 0 Å². The van der Waals surface area contributed by atoms with Crippen LogP contribution in [0.15, 0.2) is 36.7 Å². The van der Waals surface area contributed by atoms with Crippen molar-refractivity contribution < 1.29 is 4.79 Å². The number of ketones is 1. The van der Waals surface area contributed by atoms with Gasteiger partial charge in [0.25, 0.3) is 0 Å². The molecule has 1 aromatic heterocycles. The van der Waals surface area contributed by atoms with Gasteiger partial charge in [0.1, 0.15) is 0 Å². The topological polar surface area (TPSA) is 42.0 Å². The van der Waals surface area contributed by atoms with Crippen LogP contribution in [-0.4, -0.2) is 23.9 Å². The molecule has 1 saturated heterocycles. The molecule has 1 aliphatic heterocycles. The molecule has 3 rings (SSSR count). The molecule has 1 aromatic carbocycles. The van der Waals surface area contributed by atoms with Gasteiger partial charge in [-0.1, -0.05) is 25.1 Å². The maximum atomic E-state index is 12.5. The summed E-state index contributed by atoms with van der Waals surface area (Å²) >= 11 is 0. The van der Waals surface area contributed by atoms with Crippen LogP contribution in [0.1, 0.15) is 17.3 Å². The number of benzene rings is 1. The van der Waals surface area contributed by atoms with Gasteiger partial charge < -0.3 is 5.32 Å².